The third-order valence-electron chi connectivity index (χ3n) is 5.48. The van der Waals surface area contributed by atoms with Gasteiger partial charge in [-0.3, -0.25) is 9.80 Å². The van der Waals surface area contributed by atoms with Gasteiger partial charge in [0.25, 0.3) is 0 Å². The van der Waals surface area contributed by atoms with Gasteiger partial charge in [0.05, 0.1) is 0 Å². The molecule has 0 saturated carbocycles. The van der Waals surface area contributed by atoms with Crippen LogP contribution in [0.4, 0.5) is 0 Å². The van der Waals surface area contributed by atoms with E-state index in [9.17, 15) is 0 Å². The number of piperazine rings is 1. The second kappa shape index (κ2) is 9.91. The predicted octanol–water partition coefficient (Wildman–Crippen LogP) is 4.79. The summed E-state index contributed by atoms with van der Waals surface area (Å²) in [5.74, 6) is 1.56. The van der Waals surface area contributed by atoms with Crippen LogP contribution in [0.3, 0.4) is 0 Å². The first-order valence-electron chi connectivity index (χ1n) is 10.4. The molecule has 0 aromatic heterocycles. The quantitative estimate of drug-likeness (QED) is 0.668. The van der Waals surface area contributed by atoms with E-state index in [4.69, 9.17) is 4.74 Å². The standard InChI is InChI=1S/C24H34N2O/c1-4-23(27-24-12-10-22(11-13-24)20(2)3)19-26-16-14-25(15-17-26)18-21-8-6-5-7-9-21/h5-13,20,23H,4,14-19H2,1-3H3. The van der Waals surface area contributed by atoms with Gasteiger partial charge >= 0.3 is 0 Å². The van der Waals surface area contributed by atoms with E-state index in [2.05, 4.69) is 85.2 Å². The van der Waals surface area contributed by atoms with Gasteiger partial charge in [0.2, 0.25) is 0 Å². The normalized spacial score (nSPS) is 17.2. The molecule has 3 rings (SSSR count). The van der Waals surface area contributed by atoms with Crippen LogP contribution < -0.4 is 4.74 Å². The summed E-state index contributed by atoms with van der Waals surface area (Å²) in [5, 5.41) is 0. The monoisotopic (exact) mass is 366 g/mol. The Kier molecular flexibility index (Phi) is 7.31. The van der Waals surface area contributed by atoms with Crippen molar-refractivity contribution in [2.24, 2.45) is 0 Å². The highest BCUT2D eigenvalue weighted by Gasteiger charge is 2.20. The summed E-state index contributed by atoms with van der Waals surface area (Å²) in [6, 6.07) is 19.4. The maximum absolute atomic E-state index is 6.27. The molecule has 2 aromatic rings. The lowest BCUT2D eigenvalue weighted by Crippen LogP contribution is -2.48. The maximum atomic E-state index is 6.27. The number of nitrogens with zero attached hydrogens (tertiary/aromatic N) is 2. The average Bonchev–Trinajstić information content (AvgIpc) is 2.70. The molecule has 2 aromatic carbocycles. The van der Waals surface area contributed by atoms with Crippen molar-refractivity contribution in [1.29, 1.82) is 0 Å². The van der Waals surface area contributed by atoms with Gasteiger partial charge in [-0.15, -0.1) is 0 Å². The summed E-state index contributed by atoms with van der Waals surface area (Å²) >= 11 is 0. The molecule has 0 radical (unpaired) electrons. The summed E-state index contributed by atoms with van der Waals surface area (Å²) in [5.41, 5.74) is 2.77. The van der Waals surface area contributed by atoms with E-state index < -0.39 is 0 Å². The largest absolute Gasteiger partial charge is 0.489 e. The van der Waals surface area contributed by atoms with Crippen molar-refractivity contribution in [2.75, 3.05) is 32.7 Å². The van der Waals surface area contributed by atoms with Crippen molar-refractivity contribution in [3.63, 3.8) is 0 Å². The molecule has 1 saturated heterocycles. The molecule has 1 aliphatic heterocycles. The molecule has 3 nitrogen and oxygen atoms in total. The number of ether oxygens (including phenoxy) is 1. The van der Waals surface area contributed by atoms with E-state index in [0.29, 0.717) is 5.92 Å². The van der Waals surface area contributed by atoms with Crippen LogP contribution >= 0.6 is 0 Å². The zero-order chi connectivity index (χ0) is 19.1. The topological polar surface area (TPSA) is 15.7 Å². The summed E-state index contributed by atoms with van der Waals surface area (Å²) < 4.78 is 6.27. The van der Waals surface area contributed by atoms with E-state index in [-0.39, 0.29) is 6.10 Å². The Morgan fingerprint density at radius 2 is 1.48 bits per heavy atom. The molecular weight excluding hydrogens is 332 g/mol. The first-order chi connectivity index (χ1) is 13.1. The number of benzene rings is 2. The van der Waals surface area contributed by atoms with Gasteiger partial charge in [-0.2, -0.15) is 0 Å². The Balaban J connectivity index is 1.45. The highest BCUT2D eigenvalue weighted by molar-refractivity contribution is 5.29. The van der Waals surface area contributed by atoms with Gasteiger partial charge in [-0.1, -0.05) is 63.2 Å². The van der Waals surface area contributed by atoms with Crippen molar-refractivity contribution >= 4 is 0 Å². The van der Waals surface area contributed by atoms with Gasteiger partial charge in [0.15, 0.2) is 0 Å². The predicted molar refractivity (Wildman–Crippen MR) is 113 cm³/mol. The molecule has 1 fully saturated rings. The molecular formula is C24H34N2O. The Hall–Kier alpha value is -1.84. The van der Waals surface area contributed by atoms with Crippen LogP contribution in [0, 0.1) is 0 Å². The van der Waals surface area contributed by atoms with Gasteiger partial charge in [-0.25, -0.2) is 0 Å². The molecule has 146 valence electrons. The van der Waals surface area contributed by atoms with E-state index in [1.54, 1.807) is 0 Å². The minimum atomic E-state index is 0.260. The van der Waals surface area contributed by atoms with Crippen LogP contribution in [-0.2, 0) is 6.54 Å². The molecule has 0 spiro atoms. The van der Waals surface area contributed by atoms with E-state index in [0.717, 1.165) is 51.4 Å². The van der Waals surface area contributed by atoms with Crippen LogP contribution in [0.2, 0.25) is 0 Å². The molecule has 1 heterocycles. The highest BCUT2D eigenvalue weighted by Crippen LogP contribution is 2.20. The number of hydrogen-bond acceptors (Lipinski definition) is 3. The third kappa shape index (κ3) is 6.08. The van der Waals surface area contributed by atoms with Crippen LogP contribution in [0.25, 0.3) is 0 Å². The number of hydrogen-bond donors (Lipinski definition) is 0. The highest BCUT2D eigenvalue weighted by atomic mass is 16.5. The third-order valence-corrected chi connectivity index (χ3v) is 5.48. The molecule has 27 heavy (non-hydrogen) atoms. The lowest BCUT2D eigenvalue weighted by Gasteiger charge is -2.36. The van der Waals surface area contributed by atoms with E-state index in [1.807, 2.05) is 0 Å². The zero-order valence-corrected chi connectivity index (χ0v) is 17.1. The summed E-state index contributed by atoms with van der Waals surface area (Å²) in [7, 11) is 0. The van der Waals surface area contributed by atoms with Crippen LogP contribution in [-0.4, -0.2) is 48.6 Å². The van der Waals surface area contributed by atoms with Crippen molar-refractivity contribution in [1.82, 2.24) is 9.80 Å². The molecule has 0 bridgehead atoms. The lowest BCUT2D eigenvalue weighted by molar-refractivity contribution is 0.0794. The van der Waals surface area contributed by atoms with Crippen molar-refractivity contribution in [3.05, 3.63) is 65.7 Å². The second-order valence-electron chi connectivity index (χ2n) is 7.93. The second-order valence-corrected chi connectivity index (χ2v) is 7.93. The van der Waals surface area contributed by atoms with Crippen LogP contribution in [0.15, 0.2) is 54.6 Å². The molecule has 3 heteroatoms. The molecule has 0 N–H and O–H groups in total. The first-order valence-corrected chi connectivity index (χ1v) is 10.4. The Labute approximate surface area is 164 Å². The van der Waals surface area contributed by atoms with Crippen molar-refractivity contribution in [2.45, 2.75) is 45.8 Å². The Morgan fingerprint density at radius 1 is 0.852 bits per heavy atom. The van der Waals surface area contributed by atoms with E-state index in [1.165, 1.54) is 11.1 Å². The molecule has 1 unspecified atom stereocenters. The lowest BCUT2D eigenvalue weighted by atomic mass is 10.0. The summed E-state index contributed by atoms with van der Waals surface area (Å²) in [4.78, 5) is 5.11. The van der Waals surface area contributed by atoms with Gasteiger partial charge in [0, 0.05) is 39.3 Å². The minimum absolute atomic E-state index is 0.260. The first kappa shape index (κ1) is 19.9. The smallest absolute Gasteiger partial charge is 0.119 e. The van der Waals surface area contributed by atoms with Crippen molar-refractivity contribution < 1.29 is 4.74 Å². The zero-order valence-electron chi connectivity index (χ0n) is 17.1. The van der Waals surface area contributed by atoms with Gasteiger partial charge in [0.1, 0.15) is 11.9 Å². The fourth-order valence-corrected chi connectivity index (χ4v) is 3.63. The minimum Gasteiger partial charge on any atom is -0.489 e. The molecule has 0 amide bonds. The summed E-state index contributed by atoms with van der Waals surface area (Å²) in [6.45, 7) is 13.3. The van der Waals surface area contributed by atoms with Gasteiger partial charge < -0.3 is 4.74 Å². The SMILES string of the molecule is CCC(CN1CCN(Cc2ccccc2)CC1)Oc1ccc(C(C)C)cc1. The maximum Gasteiger partial charge on any atom is 0.119 e. The fraction of sp³-hybridized carbons (Fsp3) is 0.500. The van der Waals surface area contributed by atoms with E-state index >= 15 is 0 Å². The van der Waals surface area contributed by atoms with Crippen LogP contribution in [0.1, 0.15) is 44.2 Å². The Morgan fingerprint density at radius 3 is 2.07 bits per heavy atom. The summed E-state index contributed by atoms with van der Waals surface area (Å²) in [6.07, 6.45) is 1.30. The Bertz CT molecular complexity index is 661. The fourth-order valence-electron chi connectivity index (χ4n) is 3.63. The number of rotatable bonds is 8. The molecule has 1 aliphatic rings. The van der Waals surface area contributed by atoms with Gasteiger partial charge in [-0.05, 0) is 35.6 Å². The average molecular weight is 367 g/mol. The van der Waals surface area contributed by atoms with Crippen molar-refractivity contribution in [3.8, 4) is 5.75 Å². The van der Waals surface area contributed by atoms with Crippen LogP contribution in [0.5, 0.6) is 5.75 Å². The molecule has 0 aliphatic carbocycles. The molecule has 1 atom stereocenters.